The molecule has 0 aliphatic carbocycles. The highest BCUT2D eigenvalue weighted by atomic mass is 16.6. The van der Waals surface area contributed by atoms with Crippen LogP contribution in [0.15, 0.2) is 24.4 Å². The first-order valence-corrected chi connectivity index (χ1v) is 9.44. The predicted octanol–water partition coefficient (Wildman–Crippen LogP) is 1.96. The molecule has 1 aromatic heterocycles. The minimum Gasteiger partial charge on any atom is -0.447 e. The van der Waals surface area contributed by atoms with Gasteiger partial charge in [-0.05, 0) is 50.2 Å². The number of alkyl carbamates (subject to hydrolysis) is 1. The van der Waals surface area contributed by atoms with Crippen LogP contribution in [0, 0.1) is 0 Å². The maximum absolute atomic E-state index is 11.1. The van der Waals surface area contributed by atoms with Crippen LogP contribution in [-0.2, 0) is 27.1 Å². The minimum absolute atomic E-state index is 0.0825. The number of carbonyl (C=O) groups is 1. The van der Waals surface area contributed by atoms with Crippen LogP contribution in [0.1, 0.15) is 11.1 Å². The summed E-state index contributed by atoms with van der Waals surface area (Å²) in [6.07, 6.45) is 3.62. The summed E-state index contributed by atoms with van der Waals surface area (Å²) < 4.78 is 14.8. The van der Waals surface area contributed by atoms with Crippen molar-refractivity contribution in [1.29, 1.82) is 0 Å². The number of hydrogen-bond donors (Lipinski definition) is 2. The van der Waals surface area contributed by atoms with Gasteiger partial charge in [-0.1, -0.05) is 6.07 Å². The van der Waals surface area contributed by atoms with Gasteiger partial charge in [-0.25, -0.2) is 4.79 Å². The number of carbonyl (C=O) groups excluding carboxylic acids is 1. The van der Waals surface area contributed by atoms with Crippen LogP contribution in [0.4, 0.5) is 4.79 Å². The summed E-state index contributed by atoms with van der Waals surface area (Å²) in [5.74, 6) is 0. The van der Waals surface area contributed by atoms with Gasteiger partial charge < -0.3 is 29.4 Å². The Balaban J connectivity index is 0.000000299. The molecule has 1 atom stereocenters. The fourth-order valence-electron chi connectivity index (χ4n) is 3.16. The van der Waals surface area contributed by atoms with Crippen LogP contribution in [0.3, 0.4) is 0 Å². The van der Waals surface area contributed by atoms with E-state index < -0.39 is 0 Å². The summed E-state index contributed by atoms with van der Waals surface area (Å²) in [5.41, 5.74) is 3.73. The number of H-pyrrole nitrogens is 1. The van der Waals surface area contributed by atoms with Crippen molar-refractivity contribution in [3.05, 3.63) is 35.5 Å². The zero-order valence-electron chi connectivity index (χ0n) is 16.1. The van der Waals surface area contributed by atoms with Crippen LogP contribution in [0.25, 0.3) is 10.9 Å². The highest BCUT2D eigenvalue weighted by molar-refractivity contribution is 5.84. The number of likely N-dealkylation sites (N-methyl/N-ethyl adjacent to an activating group) is 1. The van der Waals surface area contributed by atoms with Crippen molar-refractivity contribution in [1.82, 2.24) is 15.2 Å². The maximum Gasteiger partial charge on any atom is 0.407 e. The molecule has 27 heavy (non-hydrogen) atoms. The fourth-order valence-corrected chi connectivity index (χ4v) is 3.16. The van der Waals surface area contributed by atoms with Crippen LogP contribution in [-0.4, -0.2) is 75.7 Å². The molecule has 7 nitrogen and oxygen atoms in total. The first kappa shape index (κ1) is 19.7. The number of benzene rings is 1. The molecule has 2 aliphatic rings. The molecular weight excluding hydrogens is 346 g/mol. The number of cyclic esters (lactones) is 1. The van der Waals surface area contributed by atoms with E-state index in [1.807, 2.05) is 0 Å². The molecule has 2 fully saturated rings. The molecule has 0 bridgehead atoms. The Labute approximate surface area is 160 Å². The number of hydrogen-bond acceptors (Lipinski definition) is 5. The lowest BCUT2D eigenvalue weighted by Gasteiger charge is -2.09. The number of ether oxygens (including phenoxy) is 3. The van der Waals surface area contributed by atoms with E-state index in [0.717, 1.165) is 45.8 Å². The van der Waals surface area contributed by atoms with Gasteiger partial charge in [0.2, 0.25) is 0 Å². The molecule has 1 amide bonds. The number of aromatic amines is 1. The minimum atomic E-state index is -0.311. The van der Waals surface area contributed by atoms with Gasteiger partial charge in [0.05, 0.1) is 32.5 Å². The van der Waals surface area contributed by atoms with Crippen LogP contribution in [0.5, 0.6) is 0 Å². The van der Waals surface area contributed by atoms with E-state index in [9.17, 15) is 4.79 Å². The number of nitrogens with zero attached hydrogens (tertiary/aromatic N) is 1. The summed E-state index contributed by atoms with van der Waals surface area (Å²) in [5, 5.41) is 4.10. The summed E-state index contributed by atoms with van der Waals surface area (Å²) in [7, 11) is 4.17. The summed E-state index contributed by atoms with van der Waals surface area (Å²) >= 11 is 0. The van der Waals surface area contributed by atoms with E-state index >= 15 is 0 Å². The Morgan fingerprint density at radius 2 is 1.89 bits per heavy atom. The molecule has 2 aromatic rings. The number of nitrogens with one attached hydrogen (secondary N) is 2. The molecule has 2 N–H and O–H groups in total. The molecule has 7 heteroatoms. The molecule has 148 valence electrons. The van der Waals surface area contributed by atoms with Gasteiger partial charge in [0, 0.05) is 23.6 Å². The average Bonchev–Trinajstić information content (AvgIpc) is 3.27. The second-order valence-corrected chi connectivity index (χ2v) is 7.12. The monoisotopic (exact) mass is 375 g/mol. The lowest BCUT2D eigenvalue weighted by atomic mass is 10.0. The Hall–Kier alpha value is -2.09. The highest BCUT2D eigenvalue weighted by Gasteiger charge is 2.22. The van der Waals surface area contributed by atoms with Gasteiger partial charge in [-0.2, -0.15) is 0 Å². The van der Waals surface area contributed by atoms with E-state index in [0.29, 0.717) is 6.61 Å². The Morgan fingerprint density at radius 1 is 1.15 bits per heavy atom. The van der Waals surface area contributed by atoms with Gasteiger partial charge in [0.15, 0.2) is 0 Å². The molecule has 2 saturated heterocycles. The number of fused-ring (bicyclic) bond motifs is 1. The van der Waals surface area contributed by atoms with E-state index in [1.165, 1.54) is 22.0 Å². The second-order valence-electron chi connectivity index (χ2n) is 7.12. The predicted molar refractivity (Wildman–Crippen MR) is 104 cm³/mol. The van der Waals surface area contributed by atoms with Crippen molar-refractivity contribution >= 4 is 17.0 Å². The molecule has 0 unspecified atom stereocenters. The van der Waals surface area contributed by atoms with Gasteiger partial charge in [-0.15, -0.1) is 0 Å². The second kappa shape index (κ2) is 9.73. The topological polar surface area (TPSA) is 75.8 Å². The van der Waals surface area contributed by atoms with Crippen LogP contribution < -0.4 is 5.32 Å². The highest BCUT2D eigenvalue weighted by Crippen LogP contribution is 2.21. The quantitative estimate of drug-likeness (QED) is 0.836. The molecule has 2 aliphatic heterocycles. The van der Waals surface area contributed by atoms with Crippen LogP contribution in [0.2, 0.25) is 0 Å². The maximum atomic E-state index is 11.1. The van der Waals surface area contributed by atoms with Crippen molar-refractivity contribution in [2.45, 2.75) is 18.9 Å². The van der Waals surface area contributed by atoms with Gasteiger partial charge in [0.1, 0.15) is 6.61 Å². The Bertz CT molecular complexity index is 728. The molecule has 0 radical (unpaired) electrons. The zero-order chi connectivity index (χ0) is 19.1. The van der Waals surface area contributed by atoms with Gasteiger partial charge in [0.25, 0.3) is 0 Å². The van der Waals surface area contributed by atoms with E-state index in [-0.39, 0.29) is 12.1 Å². The van der Waals surface area contributed by atoms with Crippen molar-refractivity contribution in [2.24, 2.45) is 0 Å². The Morgan fingerprint density at radius 3 is 2.48 bits per heavy atom. The number of amides is 1. The van der Waals surface area contributed by atoms with E-state index in [1.54, 1.807) is 0 Å². The summed E-state index contributed by atoms with van der Waals surface area (Å²) in [4.78, 5) is 16.6. The molecule has 4 rings (SSSR count). The van der Waals surface area contributed by atoms with Crippen molar-refractivity contribution in [2.75, 3.05) is 53.7 Å². The van der Waals surface area contributed by atoms with Crippen LogP contribution >= 0.6 is 0 Å². The van der Waals surface area contributed by atoms with Gasteiger partial charge in [-0.3, -0.25) is 0 Å². The smallest absolute Gasteiger partial charge is 0.407 e. The third kappa shape index (κ3) is 5.95. The SMILES string of the molecule is C1COCCO1.CN(C)CCc1c[nH]c2ccc(C[C@H]3COC(=O)N3)cc12. The Kier molecular flexibility index (Phi) is 7.09. The fraction of sp³-hybridized carbons (Fsp3) is 0.550. The zero-order valence-corrected chi connectivity index (χ0v) is 16.1. The van der Waals surface area contributed by atoms with E-state index in [4.69, 9.17) is 14.2 Å². The third-order valence-electron chi connectivity index (χ3n) is 4.62. The number of aromatic nitrogens is 1. The largest absolute Gasteiger partial charge is 0.447 e. The lowest BCUT2D eigenvalue weighted by Crippen LogP contribution is -2.28. The first-order chi connectivity index (χ1) is 13.1. The third-order valence-corrected chi connectivity index (χ3v) is 4.62. The lowest BCUT2D eigenvalue weighted by molar-refractivity contribution is -0.0334. The molecule has 0 spiro atoms. The van der Waals surface area contributed by atoms with E-state index in [2.05, 4.69) is 53.7 Å². The van der Waals surface area contributed by atoms with Gasteiger partial charge >= 0.3 is 6.09 Å². The molecular formula is C20H29N3O4. The van der Waals surface area contributed by atoms with Crippen molar-refractivity contribution in [3.63, 3.8) is 0 Å². The average molecular weight is 375 g/mol. The number of rotatable bonds is 5. The summed E-state index contributed by atoms with van der Waals surface area (Å²) in [6, 6.07) is 6.53. The summed E-state index contributed by atoms with van der Waals surface area (Å²) in [6.45, 7) is 4.60. The molecule has 1 aromatic carbocycles. The van der Waals surface area contributed by atoms with Crippen molar-refractivity contribution < 1.29 is 19.0 Å². The van der Waals surface area contributed by atoms with Crippen molar-refractivity contribution in [3.8, 4) is 0 Å². The molecule has 0 saturated carbocycles. The standard InChI is InChI=1S/C16H21N3O2.C4H8O2/c1-19(2)6-5-12-9-17-15-4-3-11(8-14(12)15)7-13-10-21-16(20)18-13;1-2-6-4-3-5-1/h3-4,8-9,13,17H,5-7,10H2,1-2H3,(H,18,20);1-4H2/t13-;/m0./s1. The first-order valence-electron chi connectivity index (χ1n) is 9.44. The normalized spacial score (nSPS) is 19.5. The molecule has 3 heterocycles.